The van der Waals surface area contributed by atoms with E-state index in [0.717, 1.165) is 19.2 Å². The molecule has 1 unspecified atom stereocenters. The zero-order valence-electron chi connectivity index (χ0n) is 10.2. The molecule has 0 fully saturated rings. The smallest absolute Gasteiger partial charge is 0.240 e. The first kappa shape index (κ1) is 15.4. The van der Waals surface area contributed by atoms with Crippen LogP contribution in [0.3, 0.4) is 0 Å². The summed E-state index contributed by atoms with van der Waals surface area (Å²) in [5, 5.41) is 3.46. The minimum Gasteiger partial charge on any atom is -0.301 e. The molecule has 2 rings (SSSR count). The lowest BCUT2D eigenvalue weighted by atomic mass is 10.1. The van der Waals surface area contributed by atoms with Crippen molar-refractivity contribution in [2.75, 3.05) is 5.32 Å². The van der Waals surface area contributed by atoms with Gasteiger partial charge in [0.25, 0.3) is 0 Å². The van der Waals surface area contributed by atoms with E-state index in [1.54, 1.807) is 0 Å². The number of carbonyl (C=O) groups is 1. The van der Waals surface area contributed by atoms with Gasteiger partial charge in [-0.3, -0.25) is 4.79 Å². The zero-order valence-corrected chi connectivity index (χ0v) is 15.8. The van der Waals surface area contributed by atoms with Crippen molar-refractivity contribution in [3.8, 4) is 0 Å². The highest BCUT2D eigenvalue weighted by Crippen LogP contribution is 2.34. The van der Waals surface area contributed by atoms with Gasteiger partial charge in [0.15, 0.2) is 5.13 Å². The van der Waals surface area contributed by atoms with Crippen LogP contribution in [0, 0.1) is 5.92 Å². The molecule has 0 aliphatic rings. The fraction of sp³-hybridized carbons (Fsp3) is 0.333. The van der Waals surface area contributed by atoms with Crippen LogP contribution in [0.5, 0.6) is 0 Å². The first-order valence-electron chi connectivity index (χ1n) is 5.59. The van der Waals surface area contributed by atoms with Crippen LogP contribution in [0.2, 0.25) is 0 Å². The van der Waals surface area contributed by atoms with E-state index in [2.05, 4.69) is 58.1 Å². The summed E-state index contributed by atoms with van der Waals surface area (Å²) in [4.78, 5) is 16.2. The van der Waals surface area contributed by atoms with E-state index in [4.69, 9.17) is 0 Å². The number of fused-ring (bicyclic) bond motifs is 1. The van der Waals surface area contributed by atoms with Gasteiger partial charge in [0, 0.05) is 8.95 Å². The van der Waals surface area contributed by atoms with E-state index in [-0.39, 0.29) is 16.7 Å². The number of anilines is 1. The lowest BCUT2D eigenvalue weighted by Gasteiger charge is -2.11. The molecule has 7 heteroatoms. The number of rotatable bonds is 3. The summed E-state index contributed by atoms with van der Waals surface area (Å²) < 4.78 is 2.91. The number of thiazole rings is 1. The van der Waals surface area contributed by atoms with E-state index < -0.39 is 0 Å². The highest BCUT2D eigenvalue weighted by Gasteiger charge is 2.20. The molecule has 0 saturated heterocycles. The number of nitrogens with one attached hydrogen (secondary N) is 1. The quantitative estimate of drug-likeness (QED) is 0.628. The van der Waals surface area contributed by atoms with E-state index in [9.17, 15) is 4.79 Å². The SMILES string of the molecule is CC(C)C(Br)C(=O)Nc1nc2c(Br)cc(Br)cc2s1. The topological polar surface area (TPSA) is 42.0 Å². The monoisotopic (exact) mass is 468 g/mol. The van der Waals surface area contributed by atoms with Crippen molar-refractivity contribution in [1.29, 1.82) is 0 Å². The Bertz CT molecular complexity index is 627. The third-order valence-electron chi connectivity index (χ3n) is 2.48. The van der Waals surface area contributed by atoms with Gasteiger partial charge in [-0.25, -0.2) is 4.98 Å². The number of amides is 1. The minimum atomic E-state index is -0.213. The van der Waals surface area contributed by atoms with Crippen LogP contribution in [0.25, 0.3) is 10.2 Å². The third-order valence-corrected chi connectivity index (χ3v) is 5.93. The van der Waals surface area contributed by atoms with Gasteiger partial charge < -0.3 is 5.32 Å². The van der Waals surface area contributed by atoms with Gasteiger partial charge in [0.1, 0.15) is 0 Å². The summed E-state index contributed by atoms with van der Waals surface area (Å²) in [6, 6.07) is 3.93. The van der Waals surface area contributed by atoms with Gasteiger partial charge in [-0.05, 0) is 34.0 Å². The molecule has 1 amide bonds. The maximum atomic E-state index is 12.0. The average molecular weight is 471 g/mol. The van der Waals surface area contributed by atoms with Gasteiger partial charge >= 0.3 is 0 Å². The van der Waals surface area contributed by atoms with Crippen molar-refractivity contribution in [3.63, 3.8) is 0 Å². The van der Waals surface area contributed by atoms with Crippen molar-refractivity contribution < 1.29 is 4.79 Å². The second kappa shape index (κ2) is 6.20. The standard InChI is InChI=1S/C12H11Br3N2OS/c1-5(2)9(15)11(18)17-12-16-10-7(14)3-6(13)4-8(10)19-12/h3-5,9H,1-2H3,(H,16,17,18). The normalized spacial score (nSPS) is 12.9. The summed E-state index contributed by atoms with van der Waals surface area (Å²) >= 11 is 11.8. The van der Waals surface area contributed by atoms with Crippen molar-refractivity contribution in [2.45, 2.75) is 18.7 Å². The molecule has 1 heterocycles. The van der Waals surface area contributed by atoms with Crippen molar-refractivity contribution in [1.82, 2.24) is 4.98 Å². The van der Waals surface area contributed by atoms with Crippen molar-refractivity contribution >= 4 is 80.4 Å². The summed E-state index contributed by atoms with van der Waals surface area (Å²) in [6.07, 6.45) is 0. The van der Waals surface area contributed by atoms with Crippen molar-refractivity contribution in [2.24, 2.45) is 5.92 Å². The summed E-state index contributed by atoms with van der Waals surface area (Å²) in [7, 11) is 0. The highest BCUT2D eigenvalue weighted by atomic mass is 79.9. The molecule has 3 nitrogen and oxygen atoms in total. The number of hydrogen-bond acceptors (Lipinski definition) is 3. The molecule has 2 aromatic rings. The zero-order chi connectivity index (χ0) is 14.2. The Kier molecular flexibility index (Phi) is 5.03. The Hall–Kier alpha value is 0.0200. The molecule has 0 bridgehead atoms. The van der Waals surface area contributed by atoms with Gasteiger partial charge in [0.2, 0.25) is 5.91 Å². The van der Waals surface area contributed by atoms with Crippen LogP contribution in [-0.4, -0.2) is 15.7 Å². The predicted octanol–water partition coefficient (Wildman–Crippen LogP) is 5.18. The van der Waals surface area contributed by atoms with Crippen LogP contribution >= 0.6 is 59.1 Å². The molecular formula is C12H11Br3N2OS. The fourth-order valence-electron chi connectivity index (χ4n) is 1.49. The lowest BCUT2D eigenvalue weighted by molar-refractivity contribution is -0.116. The van der Waals surface area contributed by atoms with Crippen LogP contribution in [0.15, 0.2) is 21.1 Å². The minimum absolute atomic E-state index is 0.0655. The summed E-state index contributed by atoms with van der Waals surface area (Å²) in [6.45, 7) is 3.98. The molecule has 102 valence electrons. The molecule has 1 N–H and O–H groups in total. The molecule has 19 heavy (non-hydrogen) atoms. The molecule has 0 radical (unpaired) electrons. The fourth-order valence-corrected chi connectivity index (χ4v) is 4.13. The van der Waals surface area contributed by atoms with Crippen LogP contribution < -0.4 is 5.32 Å². The maximum absolute atomic E-state index is 12.0. The van der Waals surface area contributed by atoms with Crippen LogP contribution in [0.4, 0.5) is 5.13 Å². The molecule has 0 aliphatic carbocycles. The summed E-state index contributed by atoms with van der Waals surface area (Å²) in [5.74, 6) is 0.166. The number of halogens is 3. The first-order chi connectivity index (χ1) is 8.88. The van der Waals surface area contributed by atoms with Gasteiger partial charge in [-0.15, -0.1) is 0 Å². The number of benzene rings is 1. The highest BCUT2D eigenvalue weighted by molar-refractivity contribution is 9.11. The Labute approximate surface area is 140 Å². The Morgan fingerprint density at radius 1 is 1.37 bits per heavy atom. The van der Waals surface area contributed by atoms with E-state index in [1.807, 2.05) is 26.0 Å². The molecule has 0 aliphatic heterocycles. The van der Waals surface area contributed by atoms with Gasteiger partial charge in [-0.1, -0.05) is 57.0 Å². The Morgan fingerprint density at radius 2 is 2.05 bits per heavy atom. The van der Waals surface area contributed by atoms with Crippen LogP contribution in [-0.2, 0) is 4.79 Å². The second-order valence-electron chi connectivity index (χ2n) is 4.39. The van der Waals surface area contributed by atoms with Gasteiger partial charge in [-0.2, -0.15) is 0 Å². The molecule has 1 atom stereocenters. The molecule has 0 saturated carbocycles. The van der Waals surface area contributed by atoms with Crippen LogP contribution in [0.1, 0.15) is 13.8 Å². The second-order valence-corrected chi connectivity index (χ2v) is 8.18. The predicted molar refractivity (Wildman–Crippen MR) is 91.2 cm³/mol. The van der Waals surface area contributed by atoms with E-state index >= 15 is 0 Å². The lowest BCUT2D eigenvalue weighted by Crippen LogP contribution is -2.26. The van der Waals surface area contributed by atoms with E-state index in [1.165, 1.54) is 11.3 Å². The number of hydrogen-bond donors (Lipinski definition) is 1. The average Bonchev–Trinajstić information content (AvgIpc) is 2.70. The van der Waals surface area contributed by atoms with E-state index in [0.29, 0.717) is 5.13 Å². The molecule has 1 aromatic carbocycles. The van der Waals surface area contributed by atoms with Gasteiger partial charge in [0.05, 0.1) is 15.0 Å². The molecular weight excluding hydrogens is 460 g/mol. The molecule has 0 spiro atoms. The Balaban J connectivity index is 2.27. The Morgan fingerprint density at radius 3 is 2.68 bits per heavy atom. The van der Waals surface area contributed by atoms with Crippen molar-refractivity contribution in [3.05, 3.63) is 21.1 Å². The number of alkyl halides is 1. The first-order valence-corrected chi connectivity index (χ1v) is 8.91. The third kappa shape index (κ3) is 3.56. The molecule has 1 aromatic heterocycles. The number of carbonyl (C=O) groups excluding carboxylic acids is 1. The maximum Gasteiger partial charge on any atom is 0.240 e. The number of aromatic nitrogens is 1. The largest absolute Gasteiger partial charge is 0.301 e. The summed E-state index contributed by atoms with van der Waals surface area (Å²) in [5.41, 5.74) is 0.860. The number of nitrogens with zero attached hydrogens (tertiary/aromatic N) is 1.